The maximum Gasteiger partial charge on any atom is 0.161 e. The van der Waals surface area contributed by atoms with E-state index in [4.69, 9.17) is 11.6 Å². The van der Waals surface area contributed by atoms with Crippen molar-refractivity contribution in [2.45, 2.75) is 13.3 Å². The molecule has 1 aromatic heterocycles. The van der Waals surface area contributed by atoms with Gasteiger partial charge < -0.3 is 0 Å². The minimum absolute atomic E-state index is 0.314. The Morgan fingerprint density at radius 3 is 2.72 bits per heavy atom. The third kappa shape index (κ3) is 2.83. The fourth-order valence-electron chi connectivity index (χ4n) is 1.46. The summed E-state index contributed by atoms with van der Waals surface area (Å²) in [4.78, 5) is 8.67. The molecule has 1 aromatic carbocycles. The van der Waals surface area contributed by atoms with Gasteiger partial charge in [-0.05, 0) is 63.1 Å². The third-order valence-corrected chi connectivity index (χ3v) is 4.73. The molecule has 0 fully saturated rings. The van der Waals surface area contributed by atoms with Gasteiger partial charge in [0.15, 0.2) is 5.82 Å². The van der Waals surface area contributed by atoms with Crippen LogP contribution in [-0.4, -0.2) is 9.97 Å². The van der Waals surface area contributed by atoms with E-state index in [-0.39, 0.29) is 5.82 Å². The average molecular weight is 441 g/mol. The smallest absolute Gasteiger partial charge is 0.161 e. The van der Waals surface area contributed by atoms with Gasteiger partial charge in [-0.25, -0.2) is 14.4 Å². The lowest BCUT2D eigenvalue weighted by Crippen LogP contribution is -1.99. The van der Waals surface area contributed by atoms with Gasteiger partial charge in [-0.1, -0.05) is 18.5 Å². The minimum Gasteiger partial charge on any atom is -0.232 e. The Hall–Kier alpha value is -0.270. The van der Waals surface area contributed by atoms with Gasteiger partial charge in [0, 0.05) is 5.56 Å². The fraction of sp³-hybridized carbons (Fsp3) is 0.167. The highest BCUT2D eigenvalue weighted by molar-refractivity contribution is 14.1. The van der Waals surface area contributed by atoms with E-state index in [0.29, 0.717) is 15.5 Å². The number of hydrogen-bond donors (Lipinski definition) is 0. The van der Waals surface area contributed by atoms with E-state index >= 15 is 0 Å². The van der Waals surface area contributed by atoms with Crippen molar-refractivity contribution >= 4 is 50.1 Å². The summed E-state index contributed by atoms with van der Waals surface area (Å²) in [7, 11) is 0. The van der Waals surface area contributed by atoms with Crippen molar-refractivity contribution in [2.24, 2.45) is 0 Å². The SMILES string of the molecule is CCc1nc(-c2ccc(F)c(Br)c2)nc(Cl)c1I. The zero-order valence-electron chi connectivity index (χ0n) is 9.35. The lowest BCUT2D eigenvalue weighted by atomic mass is 10.2. The normalized spacial score (nSPS) is 10.7. The van der Waals surface area contributed by atoms with Gasteiger partial charge in [0.2, 0.25) is 0 Å². The first-order valence-corrected chi connectivity index (χ1v) is 7.45. The molecule has 0 saturated carbocycles. The molecule has 0 aliphatic heterocycles. The van der Waals surface area contributed by atoms with Crippen LogP contribution in [0.4, 0.5) is 4.39 Å². The van der Waals surface area contributed by atoms with E-state index in [9.17, 15) is 4.39 Å². The molecule has 0 N–H and O–H groups in total. The van der Waals surface area contributed by atoms with Gasteiger partial charge in [-0.2, -0.15) is 0 Å². The zero-order valence-corrected chi connectivity index (χ0v) is 13.8. The first-order valence-electron chi connectivity index (χ1n) is 5.20. The van der Waals surface area contributed by atoms with E-state index in [2.05, 4.69) is 48.5 Å². The molecule has 0 saturated heterocycles. The van der Waals surface area contributed by atoms with Gasteiger partial charge in [0.1, 0.15) is 11.0 Å². The van der Waals surface area contributed by atoms with Crippen LogP contribution in [-0.2, 0) is 6.42 Å². The molecule has 0 bridgehead atoms. The van der Waals surface area contributed by atoms with Gasteiger partial charge in [-0.15, -0.1) is 0 Å². The summed E-state index contributed by atoms with van der Waals surface area (Å²) in [5, 5.41) is 0.429. The fourth-order valence-corrected chi connectivity index (χ4v) is 2.65. The van der Waals surface area contributed by atoms with Crippen LogP contribution < -0.4 is 0 Å². The largest absolute Gasteiger partial charge is 0.232 e. The van der Waals surface area contributed by atoms with E-state index < -0.39 is 0 Å². The summed E-state index contributed by atoms with van der Waals surface area (Å²) in [5.41, 5.74) is 1.63. The minimum atomic E-state index is -0.314. The Bertz CT molecular complexity index is 607. The highest BCUT2D eigenvalue weighted by Gasteiger charge is 2.12. The number of benzene rings is 1. The summed E-state index contributed by atoms with van der Waals surface area (Å²) in [6, 6.07) is 4.66. The molecule has 0 unspecified atom stereocenters. The van der Waals surface area contributed by atoms with Crippen molar-refractivity contribution in [1.82, 2.24) is 9.97 Å². The third-order valence-electron chi connectivity index (χ3n) is 2.39. The van der Waals surface area contributed by atoms with Crippen molar-refractivity contribution in [3.63, 3.8) is 0 Å². The average Bonchev–Trinajstić information content (AvgIpc) is 2.36. The summed E-state index contributed by atoms with van der Waals surface area (Å²) in [6.45, 7) is 2.01. The van der Waals surface area contributed by atoms with Gasteiger partial charge >= 0.3 is 0 Å². The number of halogens is 4. The molecule has 0 aliphatic rings. The van der Waals surface area contributed by atoms with Crippen molar-refractivity contribution in [1.29, 1.82) is 0 Å². The molecule has 2 nitrogen and oxygen atoms in total. The predicted octanol–water partition coefficient (Wildman–Crippen LogP) is 4.87. The standard InChI is InChI=1S/C12H8BrClFIN2/c1-2-9-10(16)11(14)18-12(17-9)6-3-4-8(15)7(13)5-6/h3-5H,2H2,1H3. The quantitative estimate of drug-likeness (QED) is 0.491. The highest BCUT2D eigenvalue weighted by atomic mass is 127. The molecule has 2 rings (SSSR count). The molecule has 94 valence electrons. The maximum absolute atomic E-state index is 13.2. The molecule has 18 heavy (non-hydrogen) atoms. The highest BCUT2D eigenvalue weighted by Crippen LogP contribution is 2.26. The maximum atomic E-state index is 13.2. The molecular weight excluding hydrogens is 433 g/mol. The lowest BCUT2D eigenvalue weighted by molar-refractivity contribution is 0.621. The monoisotopic (exact) mass is 440 g/mol. The Kier molecular flexibility index (Phi) is 4.55. The number of aryl methyl sites for hydroxylation is 1. The summed E-state index contributed by atoms with van der Waals surface area (Å²) in [5.74, 6) is 0.198. The molecule has 1 heterocycles. The molecular formula is C12H8BrClFIN2. The molecule has 0 aliphatic carbocycles. The van der Waals surface area contributed by atoms with E-state index in [1.165, 1.54) is 6.07 Å². The van der Waals surface area contributed by atoms with Crippen LogP contribution in [0.2, 0.25) is 5.15 Å². The summed E-state index contributed by atoms with van der Waals surface area (Å²) in [6.07, 6.45) is 0.774. The summed E-state index contributed by atoms with van der Waals surface area (Å²) < 4.78 is 14.4. The molecule has 0 amide bonds. The molecule has 0 radical (unpaired) electrons. The zero-order chi connectivity index (χ0) is 13.3. The molecule has 2 aromatic rings. The predicted molar refractivity (Wildman–Crippen MR) is 82.2 cm³/mol. The second kappa shape index (κ2) is 5.79. The number of rotatable bonds is 2. The van der Waals surface area contributed by atoms with Crippen LogP contribution in [0.25, 0.3) is 11.4 Å². The number of aromatic nitrogens is 2. The molecule has 0 spiro atoms. The number of hydrogen-bond acceptors (Lipinski definition) is 2. The Morgan fingerprint density at radius 1 is 1.39 bits per heavy atom. The van der Waals surface area contributed by atoms with Crippen LogP contribution in [0.1, 0.15) is 12.6 Å². The molecule has 6 heteroatoms. The first-order chi connectivity index (χ1) is 8.52. The lowest BCUT2D eigenvalue weighted by Gasteiger charge is -2.07. The number of nitrogens with zero attached hydrogens (tertiary/aromatic N) is 2. The second-order valence-corrected chi connectivity index (χ2v) is 5.87. The van der Waals surface area contributed by atoms with Gasteiger partial charge in [-0.3, -0.25) is 0 Å². The summed E-state index contributed by atoms with van der Waals surface area (Å²) >= 11 is 11.3. The van der Waals surface area contributed by atoms with Gasteiger partial charge in [0.05, 0.1) is 13.7 Å². The molecule has 0 atom stereocenters. The van der Waals surface area contributed by atoms with Crippen molar-refractivity contribution in [3.8, 4) is 11.4 Å². The topological polar surface area (TPSA) is 25.8 Å². The Labute approximate surface area is 131 Å². The van der Waals surface area contributed by atoms with Crippen LogP contribution in [0, 0.1) is 9.39 Å². The van der Waals surface area contributed by atoms with E-state index in [0.717, 1.165) is 21.2 Å². The Balaban J connectivity index is 2.57. The second-order valence-electron chi connectivity index (χ2n) is 3.58. The van der Waals surface area contributed by atoms with Crippen molar-refractivity contribution in [2.75, 3.05) is 0 Å². The van der Waals surface area contributed by atoms with Crippen molar-refractivity contribution in [3.05, 3.63) is 42.9 Å². The Morgan fingerprint density at radius 2 is 2.11 bits per heavy atom. The first kappa shape index (κ1) is 14.1. The van der Waals surface area contributed by atoms with Crippen LogP contribution in [0.5, 0.6) is 0 Å². The van der Waals surface area contributed by atoms with Crippen molar-refractivity contribution < 1.29 is 4.39 Å². The van der Waals surface area contributed by atoms with Crippen LogP contribution in [0.15, 0.2) is 22.7 Å². The van der Waals surface area contributed by atoms with Crippen LogP contribution >= 0.6 is 50.1 Å². The van der Waals surface area contributed by atoms with Crippen LogP contribution in [0.3, 0.4) is 0 Å². The van der Waals surface area contributed by atoms with E-state index in [1.807, 2.05) is 6.92 Å². The van der Waals surface area contributed by atoms with Gasteiger partial charge in [0.25, 0.3) is 0 Å². The van der Waals surface area contributed by atoms with E-state index in [1.54, 1.807) is 12.1 Å².